The molecule has 0 saturated carbocycles. The Bertz CT molecular complexity index is 425. The highest BCUT2D eigenvalue weighted by Gasteiger charge is 2.22. The molecule has 0 N–H and O–H groups in total. The molecule has 1 aliphatic rings. The van der Waals surface area contributed by atoms with Gasteiger partial charge in [-0.3, -0.25) is 0 Å². The first-order valence-electron chi connectivity index (χ1n) is 6.95. The van der Waals surface area contributed by atoms with E-state index in [9.17, 15) is 0 Å². The van der Waals surface area contributed by atoms with Crippen LogP contribution in [0.1, 0.15) is 25.3 Å². The highest BCUT2D eigenvalue weighted by Crippen LogP contribution is 2.28. The molecule has 1 atom stereocenters. The molecule has 0 aliphatic carbocycles. The van der Waals surface area contributed by atoms with Crippen molar-refractivity contribution in [3.05, 3.63) is 28.8 Å². The Labute approximate surface area is 129 Å². The van der Waals surface area contributed by atoms with E-state index in [1.54, 1.807) is 0 Å². The lowest BCUT2D eigenvalue weighted by Crippen LogP contribution is -2.39. The Morgan fingerprint density at radius 1 is 1.37 bits per heavy atom. The molecule has 2 rings (SSSR count). The van der Waals surface area contributed by atoms with Gasteiger partial charge in [-0.1, -0.05) is 40.5 Å². The van der Waals surface area contributed by atoms with Crippen LogP contribution < -0.4 is 4.90 Å². The molecular formula is C15H22BrClN2. The van der Waals surface area contributed by atoms with Gasteiger partial charge in [0.05, 0.1) is 0 Å². The molecule has 0 amide bonds. The first-order chi connectivity index (χ1) is 9.15. The molecule has 1 heterocycles. The third-order valence-corrected chi connectivity index (χ3v) is 4.84. The number of nitrogens with zero attached hydrogens (tertiary/aromatic N) is 2. The van der Waals surface area contributed by atoms with Crippen molar-refractivity contribution in [2.45, 2.75) is 31.1 Å². The quantitative estimate of drug-likeness (QED) is 0.759. The summed E-state index contributed by atoms with van der Waals surface area (Å²) in [4.78, 5) is 4.95. The van der Waals surface area contributed by atoms with Gasteiger partial charge in [-0.15, -0.1) is 0 Å². The topological polar surface area (TPSA) is 6.48 Å². The maximum absolute atomic E-state index is 6.34. The van der Waals surface area contributed by atoms with Crippen molar-refractivity contribution in [1.29, 1.82) is 0 Å². The van der Waals surface area contributed by atoms with E-state index in [4.69, 9.17) is 11.6 Å². The summed E-state index contributed by atoms with van der Waals surface area (Å²) >= 11 is 9.81. The van der Waals surface area contributed by atoms with E-state index in [1.807, 2.05) is 0 Å². The first kappa shape index (κ1) is 15.1. The van der Waals surface area contributed by atoms with E-state index in [2.05, 4.69) is 57.9 Å². The summed E-state index contributed by atoms with van der Waals surface area (Å²) in [6.07, 6.45) is 2.38. The third kappa shape index (κ3) is 3.65. The van der Waals surface area contributed by atoms with Crippen molar-refractivity contribution in [3.8, 4) is 0 Å². The summed E-state index contributed by atoms with van der Waals surface area (Å²) in [5, 5.41) is 1.67. The highest BCUT2D eigenvalue weighted by molar-refractivity contribution is 9.08. The van der Waals surface area contributed by atoms with Gasteiger partial charge < -0.3 is 9.80 Å². The van der Waals surface area contributed by atoms with Gasteiger partial charge in [0.2, 0.25) is 0 Å². The Morgan fingerprint density at radius 3 is 2.79 bits per heavy atom. The fourth-order valence-electron chi connectivity index (χ4n) is 2.76. The molecule has 19 heavy (non-hydrogen) atoms. The molecule has 0 aromatic heterocycles. The minimum absolute atomic E-state index is 0.582. The molecule has 0 spiro atoms. The molecule has 0 bridgehead atoms. The standard InChI is InChI=1S/C15H22BrClN2/c1-3-13-11-18(2)7-4-8-19(13)14-6-5-12(10-16)15(17)9-14/h5-6,9,13H,3-4,7-8,10-11H2,1-2H3. The number of hydrogen-bond donors (Lipinski definition) is 0. The lowest BCUT2D eigenvalue weighted by Gasteiger charge is -2.32. The number of alkyl halides is 1. The van der Waals surface area contributed by atoms with Gasteiger partial charge in [0.15, 0.2) is 0 Å². The zero-order valence-electron chi connectivity index (χ0n) is 11.7. The molecular weight excluding hydrogens is 324 g/mol. The van der Waals surface area contributed by atoms with E-state index < -0.39 is 0 Å². The fraction of sp³-hybridized carbons (Fsp3) is 0.600. The molecule has 106 valence electrons. The van der Waals surface area contributed by atoms with Crippen LogP contribution in [0.2, 0.25) is 5.02 Å². The number of likely N-dealkylation sites (N-methyl/N-ethyl adjacent to an activating group) is 1. The molecule has 2 nitrogen and oxygen atoms in total. The number of halogens is 2. The zero-order valence-corrected chi connectivity index (χ0v) is 14.0. The maximum atomic E-state index is 6.34. The monoisotopic (exact) mass is 344 g/mol. The van der Waals surface area contributed by atoms with Crippen LogP contribution in [0.5, 0.6) is 0 Å². The van der Waals surface area contributed by atoms with Crippen LogP contribution in [0.15, 0.2) is 18.2 Å². The molecule has 1 unspecified atom stereocenters. The van der Waals surface area contributed by atoms with E-state index in [1.165, 1.54) is 25.1 Å². The molecule has 1 aromatic carbocycles. The average molecular weight is 346 g/mol. The van der Waals surface area contributed by atoms with Gasteiger partial charge in [0.1, 0.15) is 0 Å². The third-order valence-electron chi connectivity index (χ3n) is 3.89. The summed E-state index contributed by atoms with van der Waals surface area (Å²) in [6.45, 7) is 5.70. The highest BCUT2D eigenvalue weighted by atomic mass is 79.9. The van der Waals surface area contributed by atoms with Crippen LogP contribution in [0.4, 0.5) is 5.69 Å². The van der Waals surface area contributed by atoms with Gasteiger partial charge in [-0.2, -0.15) is 0 Å². The van der Waals surface area contributed by atoms with Crippen LogP contribution in [-0.2, 0) is 5.33 Å². The van der Waals surface area contributed by atoms with Gasteiger partial charge in [-0.05, 0) is 44.1 Å². The Kier molecular flexibility index (Phi) is 5.55. The van der Waals surface area contributed by atoms with E-state index in [0.29, 0.717) is 6.04 Å². The van der Waals surface area contributed by atoms with Gasteiger partial charge in [0.25, 0.3) is 0 Å². The normalized spacial score (nSPS) is 21.5. The van der Waals surface area contributed by atoms with E-state index in [-0.39, 0.29) is 0 Å². The second kappa shape index (κ2) is 6.96. The summed E-state index contributed by atoms with van der Waals surface area (Å²) in [6, 6.07) is 7.04. The van der Waals surface area contributed by atoms with Gasteiger partial charge >= 0.3 is 0 Å². The van der Waals surface area contributed by atoms with E-state index >= 15 is 0 Å². The van der Waals surface area contributed by atoms with Crippen LogP contribution in [0, 0.1) is 0 Å². The van der Waals surface area contributed by atoms with Gasteiger partial charge in [-0.25, -0.2) is 0 Å². The summed E-state index contributed by atoms with van der Waals surface area (Å²) in [5.41, 5.74) is 2.42. The number of hydrogen-bond acceptors (Lipinski definition) is 2. The Balaban J connectivity index is 2.25. The van der Waals surface area contributed by atoms with E-state index in [0.717, 1.165) is 29.0 Å². The zero-order chi connectivity index (χ0) is 13.8. The number of benzene rings is 1. The van der Waals surface area contributed by atoms with Crippen LogP contribution >= 0.6 is 27.5 Å². The molecule has 1 aliphatic heterocycles. The van der Waals surface area contributed by atoms with Crippen molar-refractivity contribution < 1.29 is 0 Å². The molecule has 1 saturated heterocycles. The predicted molar refractivity (Wildman–Crippen MR) is 87.6 cm³/mol. The number of anilines is 1. The summed E-state index contributed by atoms with van der Waals surface area (Å²) < 4.78 is 0. The fourth-order valence-corrected chi connectivity index (χ4v) is 3.65. The molecule has 1 fully saturated rings. The first-order valence-corrected chi connectivity index (χ1v) is 8.45. The smallest absolute Gasteiger partial charge is 0.0467 e. The second-order valence-electron chi connectivity index (χ2n) is 5.28. The molecule has 1 aromatic rings. The summed E-state index contributed by atoms with van der Waals surface area (Å²) in [5.74, 6) is 0. The van der Waals surface area contributed by atoms with Crippen molar-refractivity contribution in [2.24, 2.45) is 0 Å². The Hall–Kier alpha value is -0.250. The lowest BCUT2D eigenvalue weighted by molar-refractivity contribution is 0.328. The summed E-state index contributed by atoms with van der Waals surface area (Å²) in [7, 11) is 2.22. The van der Waals surface area contributed by atoms with Crippen LogP contribution in [0.3, 0.4) is 0 Å². The van der Waals surface area contributed by atoms with Crippen LogP contribution in [0.25, 0.3) is 0 Å². The van der Waals surface area contributed by atoms with Gasteiger partial charge in [0, 0.05) is 35.2 Å². The average Bonchev–Trinajstić information content (AvgIpc) is 2.60. The largest absolute Gasteiger partial charge is 0.367 e. The molecule has 4 heteroatoms. The van der Waals surface area contributed by atoms with Crippen LogP contribution in [-0.4, -0.2) is 37.6 Å². The minimum atomic E-state index is 0.582. The second-order valence-corrected chi connectivity index (χ2v) is 6.25. The minimum Gasteiger partial charge on any atom is -0.367 e. The van der Waals surface area contributed by atoms with Crippen molar-refractivity contribution in [3.63, 3.8) is 0 Å². The number of rotatable bonds is 3. The predicted octanol–water partition coefficient (Wildman–Crippen LogP) is 4.16. The SMILES string of the molecule is CCC1CN(C)CCCN1c1ccc(CBr)c(Cl)c1. The van der Waals surface area contributed by atoms with Crippen molar-refractivity contribution in [2.75, 3.05) is 31.6 Å². The van der Waals surface area contributed by atoms with Crippen molar-refractivity contribution in [1.82, 2.24) is 4.90 Å². The molecule has 0 radical (unpaired) electrons. The van der Waals surface area contributed by atoms with Crippen molar-refractivity contribution >= 4 is 33.2 Å². The Morgan fingerprint density at radius 2 is 2.16 bits per heavy atom. The maximum Gasteiger partial charge on any atom is 0.0467 e. The lowest BCUT2D eigenvalue weighted by atomic mass is 10.1.